The molecule has 0 aliphatic heterocycles. The number of anilines is 6. The number of benzene rings is 16. The van der Waals surface area contributed by atoms with E-state index >= 15 is 0 Å². The molecular weight excluding hydrogens is 1380 g/mol. The molecule has 0 fully saturated rings. The van der Waals surface area contributed by atoms with E-state index in [-0.39, 0.29) is 5.91 Å². The molecule has 0 bridgehead atoms. The Bertz CT molecular complexity index is 5770. The summed E-state index contributed by atoms with van der Waals surface area (Å²) >= 11 is 2.40. The highest BCUT2D eigenvalue weighted by Gasteiger charge is 2.17. The number of amides is 1. The van der Waals surface area contributed by atoms with Gasteiger partial charge in [-0.1, -0.05) is 267 Å². The highest BCUT2D eigenvalue weighted by molar-refractivity contribution is 14.1. The fourth-order valence-electron chi connectivity index (χ4n) is 13.3. The van der Waals surface area contributed by atoms with Crippen LogP contribution in [0, 0.1) is 3.57 Å². The Balaban J connectivity index is 0.000000113. The van der Waals surface area contributed by atoms with Crippen LogP contribution in [0.25, 0.3) is 99.5 Å². The lowest BCUT2D eigenvalue weighted by molar-refractivity contribution is 0.102. The molecule has 18 rings (SSSR count). The first-order valence-electron chi connectivity index (χ1n) is 34.9. The summed E-state index contributed by atoms with van der Waals surface area (Å²) in [4.78, 5) is 14.3. The highest BCUT2D eigenvalue weighted by atomic mass is 127. The molecule has 104 heavy (non-hydrogen) atoms. The van der Waals surface area contributed by atoms with Gasteiger partial charge in [0.05, 0.1) is 22.1 Å². The second-order valence-electron chi connectivity index (χ2n) is 25.1. The molecule has 0 saturated heterocycles. The van der Waals surface area contributed by atoms with Gasteiger partial charge >= 0.3 is 0 Å². The van der Waals surface area contributed by atoms with Crippen LogP contribution in [0.15, 0.2) is 425 Å². The minimum Gasteiger partial charge on any atom is -0.356 e. The predicted molar refractivity (Wildman–Crippen MR) is 448 cm³/mol. The van der Waals surface area contributed by atoms with Crippen molar-refractivity contribution in [2.75, 3.05) is 15.5 Å². The first-order chi connectivity index (χ1) is 51.4. The molecule has 0 aliphatic rings. The number of carbonyl (C=O) groups excluding carboxylic acids is 1. The van der Waals surface area contributed by atoms with E-state index in [1.54, 1.807) is 12.1 Å². The maximum atomic E-state index is 12.1. The smallest absolute Gasteiger partial charge is 0.255 e. The van der Waals surface area contributed by atoms with Crippen molar-refractivity contribution in [3.63, 3.8) is 0 Å². The van der Waals surface area contributed by atoms with E-state index in [0.717, 1.165) is 39.7 Å². The molecule has 0 atom stereocenters. The fourth-order valence-corrected chi connectivity index (χ4v) is 13.8. The molecule has 0 aliphatic carbocycles. The quantitative estimate of drug-likeness (QED) is 0.113. The van der Waals surface area contributed by atoms with Crippen LogP contribution in [0.4, 0.5) is 34.1 Å². The fraction of sp³-hybridized carbons (Fsp3) is 0. The Hall–Kier alpha value is -13.1. The lowest BCUT2D eigenvalue weighted by Gasteiger charge is -2.25. The second kappa shape index (κ2) is 32.1. The highest BCUT2D eigenvalue weighted by Crippen LogP contribution is 2.39. The molecule has 18 aromatic rings. The molecule has 7 heteroatoms. The van der Waals surface area contributed by atoms with Crippen LogP contribution in [0.2, 0.25) is 0 Å². The third-order valence-electron chi connectivity index (χ3n) is 18.4. The number of aromatic nitrogens is 2. The van der Waals surface area contributed by atoms with E-state index in [1.165, 1.54) is 97.5 Å². The summed E-state index contributed by atoms with van der Waals surface area (Å²) in [5.74, 6) is -0.0944. The van der Waals surface area contributed by atoms with E-state index in [1.807, 2.05) is 78.9 Å². The van der Waals surface area contributed by atoms with Crippen LogP contribution in [-0.2, 0) is 0 Å². The van der Waals surface area contributed by atoms with Crippen LogP contribution < -0.4 is 15.5 Å². The van der Waals surface area contributed by atoms with Gasteiger partial charge in [0.25, 0.3) is 5.91 Å². The van der Waals surface area contributed by atoms with Crippen molar-refractivity contribution in [1.82, 2.24) is 9.13 Å². The number of nitrogens with zero attached hydrogens (tertiary/aromatic N) is 3. The Morgan fingerprint density at radius 1 is 0.250 bits per heavy atom. The van der Waals surface area contributed by atoms with Crippen molar-refractivity contribution in [1.29, 1.82) is 0 Å². The SMILES string of the molecule is Ic1ccc2c(c1)c1cc(-c3ccccc3)ccc1n2-c1ccccc1.O=C(Nc1ccc(-c2ccccc2)cc1)c1ccccc1.c1ccc(-c2ccc(Nc3ccc(N(c4ccccc4)c4ccccc4)cc3)cc2)cc1.c1ccc(-c2ccc3c(c2)c2ccccc2n3-c2ccccc2)cc1. The van der Waals surface area contributed by atoms with Gasteiger partial charge in [-0.2, -0.15) is 0 Å². The van der Waals surface area contributed by atoms with Crippen LogP contribution in [0.3, 0.4) is 0 Å². The monoisotopic (exact) mass is 1450 g/mol. The molecule has 0 radical (unpaired) electrons. The summed E-state index contributed by atoms with van der Waals surface area (Å²) in [5, 5.41) is 11.6. The van der Waals surface area contributed by atoms with Crippen molar-refractivity contribution in [2.45, 2.75) is 0 Å². The van der Waals surface area contributed by atoms with Crippen LogP contribution >= 0.6 is 22.6 Å². The Kier molecular flexibility index (Phi) is 20.6. The van der Waals surface area contributed by atoms with E-state index in [9.17, 15) is 4.79 Å². The Labute approximate surface area is 620 Å². The molecule has 0 spiro atoms. The van der Waals surface area contributed by atoms with E-state index in [2.05, 4.69) is 381 Å². The average molecular weight is 1450 g/mol. The number of hydrogen-bond donors (Lipinski definition) is 2. The number of para-hydroxylation sites is 5. The van der Waals surface area contributed by atoms with Gasteiger partial charge in [-0.3, -0.25) is 4.79 Å². The molecule has 498 valence electrons. The number of nitrogens with one attached hydrogen (secondary N) is 2. The van der Waals surface area contributed by atoms with E-state index in [0.29, 0.717) is 5.56 Å². The maximum Gasteiger partial charge on any atom is 0.255 e. The van der Waals surface area contributed by atoms with Crippen molar-refractivity contribution >= 4 is 106 Å². The first kappa shape index (κ1) is 66.8. The van der Waals surface area contributed by atoms with Gasteiger partial charge in [-0.15, -0.1) is 0 Å². The summed E-state index contributed by atoms with van der Waals surface area (Å²) < 4.78 is 5.96. The van der Waals surface area contributed by atoms with Gasteiger partial charge in [0.1, 0.15) is 0 Å². The number of halogens is 1. The van der Waals surface area contributed by atoms with Gasteiger partial charge in [-0.05, 0) is 225 Å². The van der Waals surface area contributed by atoms with E-state index < -0.39 is 0 Å². The summed E-state index contributed by atoms with van der Waals surface area (Å²) in [7, 11) is 0. The molecule has 1 amide bonds. The maximum absolute atomic E-state index is 12.1. The van der Waals surface area contributed by atoms with Crippen molar-refractivity contribution in [3.8, 4) is 55.9 Å². The first-order valence-corrected chi connectivity index (χ1v) is 35.9. The molecule has 6 nitrogen and oxygen atoms in total. The lowest BCUT2D eigenvalue weighted by Crippen LogP contribution is -2.11. The minimum absolute atomic E-state index is 0.0944. The number of carbonyl (C=O) groups is 1. The third kappa shape index (κ3) is 15.5. The lowest BCUT2D eigenvalue weighted by atomic mass is 10.0. The van der Waals surface area contributed by atoms with E-state index in [4.69, 9.17) is 0 Å². The Morgan fingerprint density at radius 3 is 0.990 bits per heavy atom. The molecule has 16 aromatic carbocycles. The van der Waals surface area contributed by atoms with Gasteiger partial charge < -0.3 is 24.7 Å². The largest absolute Gasteiger partial charge is 0.356 e. The van der Waals surface area contributed by atoms with Gasteiger partial charge in [0, 0.05) is 76.2 Å². The summed E-state index contributed by atoms with van der Waals surface area (Å²) in [6, 6.07) is 147. The van der Waals surface area contributed by atoms with Crippen LogP contribution in [0.1, 0.15) is 10.4 Å². The predicted octanol–water partition coefficient (Wildman–Crippen LogP) is 26.7. The molecule has 2 N–H and O–H groups in total. The number of hydrogen-bond acceptors (Lipinski definition) is 3. The summed E-state index contributed by atoms with van der Waals surface area (Å²) in [6.45, 7) is 0. The summed E-state index contributed by atoms with van der Waals surface area (Å²) in [6.07, 6.45) is 0. The Morgan fingerprint density at radius 2 is 0.548 bits per heavy atom. The molecule has 0 unspecified atom stereocenters. The van der Waals surface area contributed by atoms with Crippen LogP contribution in [0.5, 0.6) is 0 Å². The van der Waals surface area contributed by atoms with Crippen LogP contribution in [-0.4, -0.2) is 15.0 Å². The second-order valence-corrected chi connectivity index (χ2v) is 26.3. The summed E-state index contributed by atoms with van der Waals surface area (Å²) in [5.41, 5.74) is 24.1. The zero-order valence-corrected chi connectivity index (χ0v) is 59.2. The van der Waals surface area contributed by atoms with Crippen molar-refractivity contribution in [2.24, 2.45) is 0 Å². The molecule has 2 heterocycles. The van der Waals surface area contributed by atoms with Crippen molar-refractivity contribution in [3.05, 3.63) is 434 Å². The topological polar surface area (TPSA) is 54.2 Å². The molecule has 2 aromatic heterocycles. The molecular formula is C97H72IN5O. The third-order valence-corrected chi connectivity index (χ3v) is 19.0. The zero-order valence-electron chi connectivity index (χ0n) is 57.0. The minimum atomic E-state index is -0.0944. The van der Waals surface area contributed by atoms with Gasteiger partial charge in [0.2, 0.25) is 0 Å². The average Bonchev–Trinajstić information content (AvgIpc) is 1.60. The normalized spacial score (nSPS) is 10.8. The molecule has 0 saturated carbocycles. The van der Waals surface area contributed by atoms with Crippen molar-refractivity contribution < 1.29 is 4.79 Å². The number of rotatable bonds is 13. The number of fused-ring (bicyclic) bond motifs is 6. The van der Waals surface area contributed by atoms with Gasteiger partial charge in [-0.25, -0.2) is 0 Å². The standard InChI is InChI=1S/C30H24N2.C24H16IN.C24H17N.C19H15NO/c1-4-10-24(11-5-1)25-16-18-26(19-17-25)31-27-20-22-30(23-21-27)32(28-12-6-2-7-13-28)29-14-8-3-9-15-29;25-19-12-14-24-22(16-19)21-15-18(17-7-3-1-4-8-17)11-13-23(21)26(24)20-9-5-2-6-10-20;1-3-9-18(10-4-1)19-15-16-24-22(17-19)21-13-7-8-14-23(21)25(24)20-11-5-2-6-12-20;21-19(17-9-5-2-6-10-17)20-18-13-11-16(12-14-18)15-7-3-1-4-8-15/h1-23,31H;1-16H;1-17H;1-14H,(H,20,21). The van der Waals surface area contributed by atoms with Gasteiger partial charge in [0.15, 0.2) is 0 Å². The zero-order chi connectivity index (χ0) is 70.2.